The number of nitrogens with one attached hydrogen (secondary N) is 1. The molecule has 1 saturated heterocycles. The van der Waals surface area contributed by atoms with Gasteiger partial charge in [-0.3, -0.25) is 9.69 Å². The number of nitrogens with zero attached hydrogens (tertiary/aromatic N) is 1. The Hall–Kier alpha value is -1.59. The normalized spacial score (nSPS) is 21.5. The van der Waals surface area contributed by atoms with Gasteiger partial charge in [0.1, 0.15) is 0 Å². The number of halogens is 2. The van der Waals surface area contributed by atoms with Crippen LogP contribution >= 0.6 is 23.2 Å². The number of rotatable bonds is 5. The molecule has 138 valence electrons. The summed E-state index contributed by atoms with van der Waals surface area (Å²) in [5.74, 6) is 0.598. The molecule has 0 saturated carbocycles. The maximum Gasteiger partial charge on any atom is 0.241 e. The van der Waals surface area contributed by atoms with E-state index in [0.717, 1.165) is 13.1 Å². The SMILES string of the molecule is CC(C(=O)Nc1ccc(Cl)cc1Cl)N1C[C@@H](CN)[C@H](c2ccccc2)C1. The lowest BCUT2D eigenvalue weighted by molar-refractivity contribution is -0.120. The number of amides is 1. The van der Waals surface area contributed by atoms with Crippen molar-refractivity contribution in [1.82, 2.24) is 4.90 Å². The van der Waals surface area contributed by atoms with Crippen LogP contribution in [-0.4, -0.2) is 36.5 Å². The number of carbonyl (C=O) groups is 1. The second kappa shape index (κ2) is 8.40. The third-order valence-electron chi connectivity index (χ3n) is 5.12. The van der Waals surface area contributed by atoms with Crippen LogP contribution in [0.5, 0.6) is 0 Å². The van der Waals surface area contributed by atoms with Gasteiger partial charge < -0.3 is 11.1 Å². The number of benzene rings is 2. The Morgan fingerprint density at radius 2 is 1.96 bits per heavy atom. The predicted molar refractivity (Wildman–Crippen MR) is 108 cm³/mol. The summed E-state index contributed by atoms with van der Waals surface area (Å²) in [7, 11) is 0. The number of carbonyl (C=O) groups excluding carboxylic acids is 1. The van der Waals surface area contributed by atoms with E-state index in [9.17, 15) is 4.79 Å². The van der Waals surface area contributed by atoms with Crippen LogP contribution in [0.15, 0.2) is 48.5 Å². The van der Waals surface area contributed by atoms with Gasteiger partial charge in [-0.2, -0.15) is 0 Å². The van der Waals surface area contributed by atoms with Crippen LogP contribution in [-0.2, 0) is 4.79 Å². The standard InChI is InChI=1S/C20H23Cl2N3O/c1-13(20(26)24-19-8-7-16(21)9-18(19)22)25-11-15(10-23)17(12-25)14-5-3-2-4-6-14/h2-9,13,15,17H,10-12,23H2,1H3,(H,24,26)/t13?,15-,17+/m1/s1. The van der Waals surface area contributed by atoms with Crippen molar-refractivity contribution in [2.75, 3.05) is 25.0 Å². The number of hydrogen-bond acceptors (Lipinski definition) is 3. The van der Waals surface area contributed by atoms with Crippen molar-refractivity contribution < 1.29 is 4.79 Å². The molecule has 1 fully saturated rings. The minimum Gasteiger partial charge on any atom is -0.330 e. The van der Waals surface area contributed by atoms with Crippen molar-refractivity contribution in [2.24, 2.45) is 11.7 Å². The highest BCUT2D eigenvalue weighted by Gasteiger charge is 2.36. The molecule has 3 N–H and O–H groups in total. The molecular weight excluding hydrogens is 369 g/mol. The van der Waals surface area contributed by atoms with Crippen LogP contribution in [0.25, 0.3) is 0 Å². The average molecular weight is 392 g/mol. The van der Waals surface area contributed by atoms with E-state index in [1.165, 1.54) is 5.56 Å². The zero-order chi connectivity index (χ0) is 18.7. The summed E-state index contributed by atoms with van der Waals surface area (Å²) in [6.45, 7) is 4.14. The second-order valence-electron chi connectivity index (χ2n) is 6.76. The van der Waals surface area contributed by atoms with Crippen molar-refractivity contribution in [3.63, 3.8) is 0 Å². The fourth-order valence-electron chi connectivity index (χ4n) is 3.53. The average Bonchev–Trinajstić information content (AvgIpc) is 3.08. The van der Waals surface area contributed by atoms with E-state index in [1.54, 1.807) is 18.2 Å². The van der Waals surface area contributed by atoms with Crippen LogP contribution in [0, 0.1) is 5.92 Å². The molecule has 1 aliphatic rings. The quantitative estimate of drug-likeness (QED) is 0.809. The molecule has 6 heteroatoms. The molecule has 0 aliphatic carbocycles. The van der Waals surface area contributed by atoms with E-state index in [1.807, 2.05) is 25.1 Å². The minimum absolute atomic E-state index is 0.0845. The van der Waals surface area contributed by atoms with E-state index >= 15 is 0 Å². The lowest BCUT2D eigenvalue weighted by Crippen LogP contribution is -2.41. The molecular formula is C20H23Cl2N3O. The third-order valence-corrected chi connectivity index (χ3v) is 5.66. The maximum atomic E-state index is 12.7. The van der Waals surface area contributed by atoms with Gasteiger partial charge in [0.05, 0.1) is 16.8 Å². The van der Waals surface area contributed by atoms with Gasteiger partial charge in [0.2, 0.25) is 5.91 Å². The van der Waals surface area contributed by atoms with Crippen molar-refractivity contribution in [3.8, 4) is 0 Å². The summed E-state index contributed by atoms with van der Waals surface area (Å²) in [5, 5.41) is 3.87. The molecule has 1 heterocycles. The van der Waals surface area contributed by atoms with E-state index in [0.29, 0.717) is 34.1 Å². The van der Waals surface area contributed by atoms with Gasteiger partial charge in [0, 0.05) is 24.0 Å². The molecule has 4 nitrogen and oxygen atoms in total. The van der Waals surface area contributed by atoms with E-state index in [4.69, 9.17) is 28.9 Å². The molecule has 0 aromatic heterocycles. The molecule has 3 rings (SSSR count). The van der Waals surface area contributed by atoms with Crippen LogP contribution < -0.4 is 11.1 Å². The largest absolute Gasteiger partial charge is 0.330 e. The van der Waals surface area contributed by atoms with Gasteiger partial charge in [-0.15, -0.1) is 0 Å². The molecule has 2 aromatic carbocycles. The minimum atomic E-state index is -0.274. The van der Waals surface area contributed by atoms with E-state index < -0.39 is 0 Å². The van der Waals surface area contributed by atoms with Crippen molar-refractivity contribution in [3.05, 3.63) is 64.1 Å². The monoisotopic (exact) mass is 391 g/mol. The summed E-state index contributed by atoms with van der Waals surface area (Å²) < 4.78 is 0. The van der Waals surface area contributed by atoms with Crippen LogP contribution in [0.3, 0.4) is 0 Å². The van der Waals surface area contributed by atoms with Crippen LogP contribution in [0.1, 0.15) is 18.4 Å². The van der Waals surface area contributed by atoms with Gasteiger partial charge in [-0.25, -0.2) is 0 Å². The Bertz CT molecular complexity index is 769. The zero-order valence-electron chi connectivity index (χ0n) is 14.7. The molecule has 0 bridgehead atoms. The summed E-state index contributed by atoms with van der Waals surface area (Å²) >= 11 is 12.1. The lowest BCUT2D eigenvalue weighted by atomic mass is 9.89. The first kappa shape index (κ1) is 19.2. The first-order chi connectivity index (χ1) is 12.5. The highest BCUT2D eigenvalue weighted by Crippen LogP contribution is 2.33. The maximum absolute atomic E-state index is 12.7. The Morgan fingerprint density at radius 3 is 2.62 bits per heavy atom. The van der Waals surface area contributed by atoms with Crippen LogP contribution in [0.2, 0.25) is 10.0 Å². The molecule has 1 unspecified atom stereocenters. The molecule has 2 aromatic rings. The van der Waals surface area contributed by atoms with Crippen molar-refractivity contribution in [1.29, 1.82) is 0 Å². The van der Waals surface area contributed by atoms with Gasteiger partial charge in [-0.05, 0) is 43.1 Å². The number of nitrogens with two attached hydrogens (primary N) is 1. The van der Waals surface area contributed by atoms with Crippen molar-refractivity contribution >= 4 is 34.8 Å². The van der Waals surface area contributed by atoms with Crippen LogP contribution in [0.4, 0.5) is 5.69 Å². The Morgan fingerprint density at radius 1 is 1.23 bits per heavy atom. The summed E-state index contributed by atoms with van der Waals surface area (Å²) in [6, 6.07) is 15.1. The number of likely N-dealkylation sites (tertiary alicyclic amines) is 1. The number of anilines is 1. The highest BCUT2D eigenvalue weighted by atomic mass is 35.5. The smallest absolute Gasteiger partial charge is 0.241 e. The topological polar surface area (TPSA) is 58.4 Å². The second-order valence-corrected chi connectivity index (χ2v) is 7.60. The molecule has 26 heavy (non-hydrogen) atoms. The van der Waals surface area contributed by atoms with E-state index in [-0.39, 0.29) is 11.9 Å². The Labute approximate surface area is 164 Å². The van der Waals surface area contributed by atoms with Gasteiger partial charge in [0.15, 0.2) is 0 Å². The molecule has 0 radical (unpaired) electrons. The Balaban J connectivity index is 1.69. The summed E-state index contributed by atoms with van der Waals surface area (Å²) in [4.78, 5) is 14.9. The fourth-order valence-corrected chi connectivity index (χ4v) is 3.99. The summed E-state index contributed by atoms with van der Waals surface area (Å²) in [5.41, 5.74) is 7.85. The lowest BCUT2D eigenvalue weighted by Gasteiger charge is -2.24. The van der Waals surface area contributed by atoms with E-state index in [2.05, 4.69) is 22.3 Å². The Kier molecular flexibility index (Phi) is 6.20. The highest BCUT2D eigenvalue weighted by molar-refractivity contribution is 6.36. The fraction of sp³-hybridized carbons (Fsp3) is 0.350. The molecule has 0 spiro atoms. The third kappa shape index (κ3) is 4.21. The molecule has 1 amide bonds. The molecule has 3 atom stereocenters. The summed E-state index contributed by atoms with van der Waals surface area (Å²) in [6.07, 6.45) is 0. The van der Waals surface area contributed by atoms with Gasteiger partial charge in [-0.1, -0.05) is 53.5 Å². The zero-order valence-corrected chi connectivity index (χ0v) is 16.2. The first-order valence-corrected chi connectivity index (χ1v) is 9.50. The molecule has 1 aliphatic heterocycles. The van der Waals surface area contributed by atoms with Gasteiger partial charge >= 0.3 is 0 Å². The number of hydrogen-bond donors (Lipinski definition) is 2. The first-order valence-electron chi connectivity index (χ1n) is 8.74. The van der Waals surface area contributed by atoms with Gasteiger partial charge in [0.25, 0.3) is 0 Å². The van der Waals surface area contributed by atoms with Crippen molar-refractivity contribution in [2.45, 2.75) is 18.9 Å². The predicted octanol–water partition coefficient (Wildman–Crippen LogP) is 3.99.